The van der Waals surface area contributed by atoms with Gasteiger partial charge in [-0.15, -0.1) is 0 Å². The van der Waals surface area contributed by atoms with Crippen LogP contribution in [0.4, 0.5) is 0 Å². The molecule has 2 saturated heterocycles. The molecule has 4 nitrogen and oxygen atoms in total. The number of thiazole rings is 1. The van der Waals surface area contributed by atoms with E-state index in [0.29, 0.717) is 11.2 Å². The summed E-state index contributed by atoms with van der Waals surface area (Å²) in [4.78, 5) is 4.52. The Morgan fingerprint density at radius 2 is 2.00 bits per heavy atom. The van der Waals surface area contributed by atoms with Crippen LogP contribution in [-0.2, 0) is 6.54 Å². The third-order valence-corrected chi connectivity index (χ3v) is 6.01. The molecule has 0 unspecified atom stereocenters. The van der Waals surface area contributed by atoms with E-state index in [4.69, 9.17) is 10.1 Å². The van der Waals surface area contributed by atoms with E-state index in [1.807, 2.05) is 18.2 Å². The highest BCUT2D eigenvalue weighted by Gasteiger charge is 2.45. The fourth-order valence-corrected chi connectivity index (χ4v) is 4.69. The van der Waals surface area contributed by atoms with Crippen molar-refractivity contribution in [1.82, 2.24) is 10.3 Å². The molecule has 2 bridgehead atoms. The number of ether oxygens (including phenoxy) is 1. The number of rotatable bonds is 4. The third kappa shape index (κ3) is 2.59. The van der Waals surface area contributed by atoms with Gasteiger partial charge in [0.25, 0.3) is 5.19 Å². The van der Waals surface area contributed by atoms with Crippen LogP contribution in [0.25, 0.3) is 10.2 Å². The van der Waals surface area contributed by atoms with Crippen LogP contribution in [0, 0.1) is 0 Å². The molecule has 5 rings (SSSR count). The van der Waals surface area contributed by atoms with E-state index in [2.05, 4.69) is 35.3 Å². The third-order valence-electron chi connectivity index (χ3n) is 5.10. The molecule has 2 aliphatic rings. The van der Waals surface area contributed by atoms with Gasteiger partial charge in [-0.25, -0.2) is 4.98 Å². The van der Waals surface area contributed by atoms with Crippen LogP contribution >= 0.6 is 11.3 Å². The number of benzene rings is 2. The fraction of sp³-hybridized carbons (Fsp3) is 0.316. The molecule has 2 aromatic carbocycles. The van der Waals surface area contributed by atoms with E-state index >= 15 is 0 Å². The van der Waals surface area contributed by atoms with Gasteiger partial charge in [-0.05, 0) is 36.4 Å². The van der Waals surface area contributed by atoms with Gasteiger partial charge in [-0.2, -0.15) is 5.32 Å². The molecule has 1 radical (unpaired) electrons. The summed E-state index contributed by atoms with van der Waals surface area (Å²) in [5.74, 6) is 0.850. The largest absolute Gasteiger partial charge is 0.431 e. The predicted octanol–water partition coefficient (Wildman–Crippen LogP) is 3.75. The van der Waals surface area contributed by atoms with Gasteiger partial charge in [-0.1, -0.05) is 23.5 Å². The lowest BCUT2D eigenvalue weighted by atomic mass is 10.2. The van der Waals surface area contributed by atoms with Crippen LogP contribution in [0.15, 0.2) is 48.5 Å². The van der Waals surface area contributed by atoms with Crippen molar-refractivity contribution in [2.24, 2.45) is 0 Å². The van der Waals surface area contributed by atoms with E-state index in [9.17, 15) is 0 Å². The first-order valence-electron chi connectivity index (χ1n) is 8.42. The summed E-state index contributed by atoms with van der Waals surface area (Å²) in [6, 6.07) is 17.2. The molecule has 121 valence electrons. The average Bonchev–Trinajstić information content (AvgIpc) is 3.30. The molecule has 2 aliphatic heterocycles. The van der Waals surface area contributed by atoms with Crippen molar-refractivity contribution < 1.29 is 9.22 Å². The van der Waals surface area contributed by atoms with E-state index < -0.39 is 0 Å². The lowest BCUT2D eigenvalue weighted by Crippen LogP contribution is -2.44. The minimum absolute atomic E-state index is 0.617. The van der Waals surface area contributed by atoms with E-state index in [1.54, 1.807) is 11.3 Å². The molecule has 2 fully saturated rings. The fourth-order valence-electron chi connectivity index (χ4n) is 3.86. The number of nitrogens with zero attached hydrogens (tertiary/aromatic N) is 3. The molecular weight excluding hydrogens is 318 g/mol. The second-order valence-corrected chi connectivity index (χ2v) is 7.86. The maximum absolute atomic E-state index is 5.93. The van der Waals surface area contributed by atoms with Crippen LogP contribution in [0.5, 0.6) is 10.9 Å². The molecular formula is C19H19N3OS+. The van der Waals surface area contributed by atoms with Gasteiger partial charge in [-0.3, -0.25) is 0 Å². The molecule has 3 heterocycles. The molecule has 2 atom stereocenters. The Morgan fingerprint density at radius 1 is 1.12 bits per heavy atom. The molecule has 5 heteroatoms. The van der Waals surface area contributed by atoms with Crippen molar-refractivity contribution in [2.75, 3.05) is 19.8 Å². The molecule has 0 saturated carbocycles. The van der Waals surface area contributed by atoms with Crippen LogP contribution < -0.4 is 10.1 Å². The summed E-state index contributed by atoms with van der Waals surface area (Å²) < 4.78 is 8.23. The highest BCUT2D eigenvalue weighted by atomic mass is 32.1. The monoisotopic (exact) mass is 337 g/mol. The van der Waals surface area contributed by atoms with Crippen molar-refractivity contribution in [3.05, 3.63) is 54.1 Å². The van der Waals surface area contributed by atoms with Gasteiger partial charge in [0, 0.05) is 12.0 Å². The second kappa shape index (κ2) is 5.55. The number of hydrogen-bond acceptors (Lipinski definition) is 3. The molecule has 3 aromatic rings. The van der Waals surface area contributed by atoms with E-state index in [1.165, 1.54) is 25.1 Å². The van der Waals surface area contributed by atoms with Crippen LogP contribution in [0.2, 0.25) is 0 Å². The Bertz CT molecular complexity index is 833. The number of hydrogen-bond donors (Lipinski definition) is 0. The minimum Gasteiger partial charge on any atom is -0.431 e. The Labute approximate surface area is 145 Å². The average molecular weight is 337 g/mol. The lowest BCUT2D eigenvalue weighted by molar-refractivity contribution is -0.923. The van der Waals surface area contributed by atoms with Crippen molar-refractivity contribution in [3.63, 3.8) is 0 Å². The highest BCUT2D eigenvalue weighted by Crippen LogP contribution is 2.32. The van der Waals surface area contributed by atoms with Gasteiger partial charge in [0.05, 0.1) is 29.3 Å². The number of aromatic nitrogens is 1. The Morgan fingerprint density at radius 3 is 2.71 bits per heavy atom. The first-order valence-corrected chi connectivity index (χ1v) is 9.24. The smallest absolute Gasteiger partial charge is 0.279 e. The molecule has 0 N–H and O–H groups in total. The molecule has 24 heavy (non-hydrogen) atoms. The van der Waals surface area contributed by atoms with Gasteiger partial charge in [0.1, 0.15) is 19.0 Å². The Kier molecular flexibility index (Phi) is 3.33. The molecule has 0 spiro atoms. The highest BCUT2D eigenvalue weighted by molar-refractivity contribution is 7.20. The van der Waals surface area contributed by atoms with Crippen LogP contribution in [0.1, 0.15) is 12.0 Å². The van der Waals surface area contributed by atoms with Gasteiger partial charge in [0.2, 0.25) is 0 Å². The van der Waals surface area contributed by atoms with Crippen LogP contribution in [-0.4, -0.2) is 35.3 Å². The van der Waals surface area contributed by atoms with E-state index in [0.717, 1.165) is 33.7 Å². The van der Waals surface area contributed by atoms with Crippen LogP contribution in [0.3, 0.4) is 0 Å². The number of quaternary nitrogens is 1. The van der Waals surface area contributed by atoms with Crippen molar-refractivity contribution in [3.8, 4) is 10.9 Å². The van der Waals surface area contributed by atoms with E-state index in [-0.39, 0.29) is 0 Å². The summed E-state index contributed by atoms with van der Waals surface area (Å²) in [5.41, 5.74) is 2.36. The first kappa shape index (κ1) is 14.4. The second-order valence-electron chi connectivity index (χ2n) is 6.87. The van der Waals surface area contributed by atoms with Gasteiger partial charge >= 0.3 is 0 Å². The number of para-hydroxylation sites is 1. The van der Waals surface area contributed by atoms with Crippen molar-refractivity contribution in [1.29, 1.82) is 0 Å². The zero-order valence-corrected chi connectivity index (χ0v) is 14.2. The quantitative estimate of drug-likeness (QED) is 0.680. The lowest BCUT2D eigenvalue weighted by Gasteiger charge is -2.30. The standard InChI is InChI=1S/C19H19N3OS/c1-2-4-18-17(3-1)21-19(24-18)23-16-7-5-14(6-8-16)11-22-10-9-15(12-22)20-13-22/h1-8,15H,9-13H2/q+1/t15-,22-/m0/s1. The summed E-state index contributed by atoms with van der Waals surface area (Å²) in [6.45, 7) is 4.58. The summed E-state index contributed by atoms with van der Waals surface area (Å²) >= 11 is 1.58. The molecule has 1 aromatic heterocycles. The van der Waals surface area contributed by atoms with Gasteiger partial charge in [0.15, 0.2) is 0 Å². The van der Waals surface area contributed by atoms with Crippen molar-refractivity contribution in [2.45, 2.75) is 19.0 Å². The zero-order chi connectivity index (χ0) is 16.0. The minimum atomic E-state index is 0.617. The first-order chi connectivity index (χ1) is 11.8. The molecule has 0 amide bonds. The Balaban J connectivity index is 1.31. The van der Waals surface area contributed by atoms with Gasteiger partial charge < -0.3 is 9.22 Å². The normalized spacial score (nSPS) is 25.4. The Hall–Kier alpha value is -1.95. The topological polar surface area (TPSA) is 36.2 Å². The summed E-state index contributed by atoms with van der Waals surface area (Å²) in [7, 11) is 0. The maximum atomic E-state index is 5.93. The molecule has 0 aliphatic carbocycles. The predicted molar refractivity (Wildman–Crippen MR) is 95.2 cm³/mol. The zero-order valence-electron chi connectivity index (χ0n) is 13.4. The summed E-state index contributed by atoms with van der Waals surface area (Å²) in [6.07, 6.45) is 1.26. The maximum Gasteiger partial charge on any atom is 0.279 e. The van der Waals surface area contributed by atoms with Crippen molar-refractivity contribution >= 4 is 21.6 Å². The number of fused-ring (bicyclic) bond motifs is 3. The summed E-state index contributed by atoms with van der Waals surface area (Å²) in [5, 5.41) is 5.41. The SMILES string of the molecule is c1ccc2sc(Oc3ccc(C[N@@+]45CC[C@@H](C4)[N]C5)cc3)nc2c1.